The van der Waals surface area contributed by atoms with Crippen molar-refractivity contribution in [3.05, 3.63) is 48.2 Å². The van der Waals surface area contributed by atoms with E-state index in [-0.39, 0.29) is 24.0 Å². The number of hydrogen-bond donors (Lipinski definition) is 1. The van der Waals surface area contributed by atoms with Crippen molar-refractivity contribution in [3.8, 4) is 17.4 Å². The van der Waals surface area contributed by atoms with Crippen molar-refractivity contribution in [2.24, 2.45) is 10.9 Å². The van der Waals surface area contributed by atoms with Gasteiger partial charge in [-0.05, 0) is 31.0 Å². The Labute approximate surface area is 202 Å². The molecule has 1 aromatic heterocycles. The average molecular weight is 540 g/mol. The van der Waals surface area contributed by atoms with E-state index in [1.165, 1.54) is 0 Å². The highest BCUT2D eigenvalue weighted by atomic mass is 127. The predicted octanol–water partition coefficient (Wildman–Crippen LogP) is 4.32. The van der Waals surface area contributed by atoms with Crippen LogP contribution in [0.5, 0.6) is 17.4 Å². The third-order valence-electron chi connectivity index (χ3n) is 5.00. The fourth-order valence-corrected chi connectivity index (χ4v) is 3.52. The number of halogens is 1. The van der Waals surface area contributed by atoms with Crippen LogP contribution in [-0.2, 0) is 11.3 Å². The number of benzene rings is 1. The first-order chi connectivity index (χ1) is 14.7. The number of ether oxygens (including phenoxy) is 3. The van der Waals surface area contributed by atoms with E-state index in [1.54, 1.807) is 13.3 Å². The molecule has 0 amide bonds. The molecule has 8 heteroatoms. The van der Waals surface area contributed by atoms with Crippen LogP contribution in [0.3, 0.4) is 0 Å². The van der Waals surface area contributed by atoms with Crippen LogP contribution >= 0.6 is 24.0 Å². The standard InChI is InChI=1S/C23H32N4O3.HI/c1-4-14-29-20-9-5-6-10-21(20)30-22-19(8-7-12-25-22)15-26-23(24-2)27-13-11-18(16-27)17-28-3;/h5-10,12,18H,4,11,13-17H2,1-3H3,(H,24,26);1H. The molecule has 0 aliphatic carbocycles. The number of nitrogens with zero attached hydrogens (tertiary/aromatic N) is 3. The van der Waals surface area contributed by atoms with Crippen molar-refractivity contribution in [2.45, 2.75) is 26.3 Å². The second kappa shape index (κ2) is 13.4. The highest BCUT2D eigenvalue weighted by Gasteiger charge is 2.24. The molecule has 2 aromatic rings. The van der Waals surface area contributed by atoms with Crippen molar-refractivity contribution >= 4 is 29.9 Å². The number of aromatic nitrogens is 1. The molecule has 1 N–H and O–H groups in total. The molecule has 3 rings (SSSR count). The number of guanidine groups is 1. The topological polar surface area (TPSA) is 68.2 Å². The van der Waals surface area contributed by atoms with Gasteiger partial charge in [0, 0.05) is 51.5 Å². The van der Waals surface area contributed by atoms with Crippen molar-refractivity contribution in [1.82, 2.24) is 15.2 Å². The summed E-state index contributed by atoms with van der Waals surface area (Å²) in [7, 11) is 3.57. The third kappa shape index (κ3) is 7.24. The van der Waals surface area contributed by atoms with E-state index in [1.807, 2.05) is 43.4 Å². The van der Waals surface area contributed by atoms with E-state index in [0.29, 0.717) is 30.7 Å². The van der Waals surface area contributed by atoms with Crippen molar-refractivity contribution in [3.63, 3.8) is 0 Å². The lowest BCUT2D eigenvalue weighted by molar-refractivity contribution is 0.157. The quantitative estimate of drug-likeness (QED) is 0.290. The van der Waals surface area contributed by atoms with Gasteiger partial charge in [0.05, 0.1) is 13.2 Å². The van der Waals surface area contributed by atoms with E-state index in [2.05, 4.69) is 27.1 Å². The summed E-state index contributed by atoms with van der Waals surface area (Å²) < 4.78 is 17.2. The smallest absolute Gasteiger partial charge is 0.224 e. The predicted molar refractivity (Wildman–Crippen MR) is 134 cm³/mol. The lowest BCUT2D eigenvalue weighted by Crippen LogP contribution is -2.39. The van der Waals surface area contributed by atoms with Crippen LogP contribution in [0.25, 0.3) is 0 Å². The van der Waals surface area contributed by atoms with Gasteiger partial charge in [0.2, 0.25) is 5.88 Å². The molecule has 1 aliphatic heterocycles. The Morgan fingerprint density at radius 3 is 2.77 bits per heavy atom. The zero-order chi connectivity index (χ0) is 21.2. The zero-order valence-corrected chi connectivity index (χ0v) is 20.9. The first kappa shape index (κ1) is 25.2. The molecule has 1 unspecified atom stereocenters. The van der Waals surface area contributed by atoms with Gasteiger partial charge in [-0.15, -0.1) is 24.0 Å². The number of aliphatic imine (C=N–C) groups is 1. The Morgan fingerprint density at radius 1 is 1.23 bits per heavy atom. The Bertz CT molecular complexity index is 834. The van der Waals surface area contributed by atoms with Crippen LogP contribution in [0.4, 0.5) is 0 Å². The second-order valence-electron chi connectivity index (χ2n) is 7.32. The molecule has 0 saturated carbocycles. The molecular formula is C23H33IN4O3. The van der Waals surface area contributed by atoms with Gasteiger partial charge in [0.25, 0.3) is 0 Å². The van der Waals surface area contributed by atoms with Crippen LogP contribution in [0, 0.1) is 5.92 Å². The molecule has 7 nitrogen and oxygen atoms in total. The second-order valence-corrected chi connectivity index (χ2v) is 7.32. The summed E-state index contributed by atoms with van der Waals surface area (Å²) in [5.74, 6) is 3.38. The van der Waals surface area contributed by atoms with E-state index >= 15 is 0 Å². The average Bonchev–Trinajstić information content (AvgIpc) is 3.23. The van der Waals surface area contributed by atoms with Gasteiger partial charge >= 0.3 is 0 Å². The van der Waals surface area contributed by atoms with Crippen LogP contribution in [0.15, 0.2) is 47.6 Å². The molecule has 1 aliphatic rings. The summed E-state index contributed by atoms with van der Waals surface area (Å²) in [6.45, 7) is 6.01. The van der Waals surface area contributed by atoms with Crippen molar-refractivity contribution in [2.75, 3.05) is 40.5 Å². The molecule has 0 bridgehead atoms. The third-order valence-corrected chi connectivity index (χ3v) is 5.00. The molecule has 1 aromatic carbocycles. The minimum atomic E-state index is 0. The van der Waals surface area contributed by atoms with Crippen LogP contribution in [-0.4, -0.2) is 56.3 Å². The summed E-state index contributed by atoms with van der Waals surface area (Å²) in [5, 5.41) is 3.45. The summed E-state index contributed by atoms with van der Waals surface area (Å²) in [4.78, 5) is 11.2. The van der Waals surface area contributed by atoms with E-state index in [4.69, 9.17) is 14.2 Å². The molecule has 170 valence electrons. The number of rotatable bonds is 9. The molecule has 0 radical (unpaired) electrons. The molecule has 0 spiro atoms. The highest BCUT2D eigenvalue weighted by molar-refractivity contribution is 14.0. The largest absolute Gasteiger partial charge is 0.490 e. The number of para-hydroxylation sites is 2. The lowest BCUT2D eigenvalue weighted by atomic mass is 10.1. The summed E-state index contributed by atoms with van der Waals surface area (Å²) in [5.41, 5.74) is 0.955. The highest BCUT2D eigenvalue weighted by Crippen LogP contribution is 2.32. The molecule has 1 saturated heterocycles. The minimum Gasteiger partial charge on any atom is -0.490 e. The van der Waals surface area contributed by atoms with Gasteiger partial charge < -0.3 is 24.4 Å². The van der Waals surface area contributed by atoms with Gasteiger partial charge in [-0.2, -0.15) is 0 Å². The summed E-state index contributed by atoms with van der Waals surface area (Å²) >= 11 is 0. The first-order valence-corrected chi connectivity index (χ1v) is 10.5. The SMILES string of the molecule is CCCOc1ccccc1Oc1ncccc1CNC(=NC)N1CCC(COC)C1.I. The molecule has 1 fully saturated rings. The van der Waals surface area contributed by atoms with Gasteiger partial charge in [-0.3, -0.25) is 4.99 Å². The summed E-state index contributed by atoms with van der Waals surface area (Å²) in [6.07, 6.45) is 3.79. The van der Waals surface area contributed by atoms with E-state index in [9.17, 15) is 0 Å². The zero-order valence-electron chi connectivity index (χ0n) is 18.5. The van der Waals surface area contributed by atoms with Crippen molar-refractivity contribution < 1.29 is 14.2 Å². The van der Waals surface area contributed by atoms with Gasteiger partial charge in [0.15, 0.2) is 17.5 Å². The van der Waals surface area contributed by atoms with Crippen LogP contribution < -0.4 is 14.8 Å². The first-order valence-electron chi connectivity index (χ1n) is 10.5. The maximum atomic E-state index is 6.13. The summed E-state index contributed by atoms with van der Waals surface area (Å²) in [6, 6.07) is 11.6. The van der Waals surface area contributed by atoms with E-state index < -0.39 is 0 Å². The number of hydrogen-bond acceptors (Lipinski definition) is 5. The monoisotopic (exact) mass is 540 g/mol. The normalized spacial score (nSPS) is 16.0. The molecule has 31 heavy (non-hydrogen) atoms. The maximum Gasteiger partial charge on any atom is 0.224 e. The Kier molecular flexibility index (Phi) is 10.9. The lowest BCUT2D eigenvalue weighted by Gasteiger charge is -2.22. The molecule has 2 heterocycles. The van der Waals surface area contributed by atoms with Gasteiger partial charge in [-0.25, -0.2) is 4.98 Å². The van der Waals surface area contributed by atoms with Crippen LogP contribution in [0.1, 0.15) is 25.3 Å². The van der Waals surface area contributed by atoms with Gasteiger partial charge in [0.1, 0.15) is 0 Å². The molecular weight excluding hydrogens is 507 g/mol. The number of methoxy groups -OCH3 is 1. The maximum absolute atomic E-state index is 6.13. The fourth-order valence-electron chi connectivity index (χ4n) is 3.52. The molecule has 1 atom stereocenters. The fraction of sp³-hybridized carbons (Fsp3) is 0.478. The number of nitrogens with one attached hydrogen (secondary N) is 1. The van der Waals surface area contributed by atoms with Gasteiger partial charge in [-0.1, -0.05) is 25.1 Å². The Morgan fingerprint density at radius 2 is 2.03 bits per heavy atom. The van der Waals surface area contributed by atoms with Crippen LogP contribution in [0.2, 0.25) is 0 Å². The Hall–Kier alpha value is -2.07. The Balaban J connectivity index is 0.00000341. The number of likely N-dealkylation sites (tertiary alicyclic amines) is 1. The van der Waals surface area contributed by atoms with Crippen molar-refractivity contribution in [1.29, 1.82) is 0 Å². The minimum absolute atomic E-state index is 0. The van der Waals surface area contributed by atoms with E-state index in [0.717, 1.165) is 49.8 Å². The number of pyridine rings is 1.